The van der Waals surface area contributed by atoms with Crippen LogP contribution in [0.5, 0.6) is 11.6 Å². The molecule has 3 nitrogen and oxygen atoms in total. The van der Waals surface area contributed by atoms with Gasteiger partial charge in [-0.15, -0.1) is 0 Å². The third kappa shape index (κ3) is 4.83. The summed E-state index contributed by atoms with van der Waals surface area (Å²) in [5, 5.41) is 3.37. The Kier molecular flexibility index (Phi) is 4.58. The third-order valence-electron chi connectivity index (χ3n) is 2.95. The minimum atomic E-state index is -0.318. The Labute approximate surface area is 125 Å². The summed E-state index contributed by atoms with van der Waals surface area (Å²) in [4.78, 5) is 4.43. The molecule has 0 atom stereocenters. The summed E-state index contributed by atoms with van der Waals surface area (Å²) < 4.78 is 19.0. The van der Waals surface area contributed by atoms with Crippen LogP contribution in [0, 0.1) is 12.7 Å². The van der Waals surface area contributed by atoms with E-state index in [1.807, 2.05) is 19.1 Å². The second kappa shape index (κ2) is 6.22. The molecule has 0 fully saturated rings. The van der Waals surface area contributed by atoms with Gasteiger partial charge in [-0.05, 0) is 45.4 Å². The van der Waals surface area contributed by atoms with Gasteiger partial charge in [0.05, 0.1) is 5.69 Å². The van der Waals surface area contributed by atoms with Crippen molar-refractivity contribution in [3.63, 3.8) is 0 Å². The van der Waals surface area contributed by atoms with E-state index in [0.717, 1.165) is 11.3 Å². The summed E-state index contributed by atoms with van der Waals surface area (Å²) in [6.45, 7) is 8.83. The molecule has 2 aromatic rings. The van der Waals surface area contributed by atoms with Crippen molar-refractivity contribution in [2.45, 2.75) is 39.8 Å². The highest BCUT2D eigenvalue weighted by atomic mass is 19.1. The lowest BCUT2D eigenvalue weighted by Crippen LogP contribution is -2.35. The number of aromatic nitrogens is 1. The van der Waals surface area contributed by atoms with E-state index in [1.54, 1.807) is 12.1 Å². The minimum Gasteiger partial charge on any atom is -0.439 e. The highest BCUT2D eigenvalue weighted by Gasteiger charge is 2.10. The third-order valence-corrected chi connectivity index (χ3v) is 2.95. The molecule has 2 rings (SSSR count). The van der Waals surface area contributed by atoms with Crippen LogP contribution in [0.25, 0.3) is 0 Å². The van der Waals surface area contributed by atoms with Gasteiger partial charge in [0.2, 0.25) is 5.88 Å². The standard InChI is InChI=1S/C17H21FN2O/c1-12-8-9-13(18)10-15(12)21-16-7-5-6-14(20-16)11-19-17(2,3)4/h5-10,19H,11H2,1-4H3. The zero-order valence-electron chi connectivity index (χ0n) is 12.9. The van der Waals surface area contributed by atoms with Gasteiger partial charge in [0.15, 0.2) is 0 Å². The number of benzene rings is 1. The molecule has 0 radical (unpaired) electrons. The number of nitrogens with one attached hydrogen (secondary N) is 1. The van der Waals surface area contributed by atoms with E-state index in [2.05, 4.69) is 31.1 Å². The second-order valence-electron chi connectivity index (χ2n) is 6.08. The molecule has 0 aliphatic carbocycles. The van der Waals surface area contributed by atoms with Crippen LogP contribution in [-0.4, -0.2) is 10.5 Å². The van der Waals surface area contributed by atoms with Gasteiger partial charge in [0, 0.05) is 24.2 Å². The average Bonchev–Trinajstić information content (AvgIpc) is 2.40. The highest BCUT2D eigenvalue weighted by molar-refractivity contribution is 5.35. The summed E-state index contributed by atoms with van der Waals surface area (Å²) in [6, 6.07) is 10.1. The van der Waals surface area contributed by atoms with E-state index < -0.39 is 0 Å². The molecule has 0 saturated heterocycles. The quantitative estimate of drug-likeness (QED) is 0.915. The molecule has 0 unspecified atom stereocenters. The number of hydrogen-bond acceptors (Lipinski definition) is 3. The molecule has 0 spiro atoms. The molecule has 1 aromatic carbocycles. The molecule has 0 amide bonds. The topological polar surface area (TPSA) is 34.1 Å². The van der Waals surface area contributed by atoms with E-state index in [4.69, 9.17) is 4.74 Å². The first-order valence-electron chi connectivity index (χ1n) is 6.98. The van der Waals surface area contributed by atoms with Gasteiger partial charge >= 0.3 is 0 Å². The molecule has 112 valence electrons. The van der Waals surface area contributed by atoms with Crippen LogP contribution in [0.3, 0.4) is 0 Å². The van der Waals surface area contributed by atoms with Crippen LogP contribution < -0.4 is 10.1 Å². The normalized spacial score (nSPS) is 11.5. The SMILES string of the molecule is Cc1ccc(F)cc1Oc1cccc(CNC(C)(C)C)n1. The van der Waals surface area contributed by atoms with Crippen molar-refractivity contribution >= 4 is 0 Å². The van der Waals surface area contributed by atoms with Crippen LogP contribution in [0.4, 0.5) is 4.39 Å². The number of nitrogens with zero attached hydrogens (tertiary/aromatic N) is 1. The Morgan fingerprint density at radius 2 is 1.95 bits per heavy atom. The minimum absolute atomic E-state index is 0.0255. The molecule has 0 aliphatic heterocycles. The van der Waals surface area contributed by atoms with Gasteiger partial charge < -0.3 is 10.1 Å². The average molecular weight is 288 g/mol. The Bertz CT molecular complexity index is 620. The van der Waals surface area contributed by atoms with Gasteiger partial charge in [0.25, 0.3) is 0 Å². The zero-order chi connectivity index (χ0) is 15.5. The lowest BCUT2D eigenvalue weighted by atomic mass is 10.1. The molecular formula is C17H21FN2O. The fourth-order valence-corrected chi connectivity index (χ4v) is 1.77. The Morgan fingerprint density at radius 1 is 1.19 bits per heavy atom. The molecule has 1 N–H and O–H groups in total. The van der Waals surface area contributed by atoms with Gasteiger partial charge in [0.1, 0.15) is 11.6 Å². The number of hydrogen-bond donors (Lipinski definition) is 1. The number of ether oxygens (including phenoxy) is 1. The van der Waals surface area contributed by atoms with Crippen LogP contribution >= 0.6 is 0 Å². The Morgan fingerprint density at radius 3 is 2.67 bits per heavy atom. The summed E-state index contributed by atoms with van der Waals surface area (Å²) >= 11 is 0. The maximum absolute atomic E-state index is 13.3. The fraction of sp³-hybridized carbons (Fsp3) is 0.353. The Hall–Kier alpha value is -1.94. The maximum Gasteiger partial charge on any atom is 0.219 e. The summed E-state index contributed by atoms with van der Waals surface area (Å²) in [5.74, 6) is 0.640. The van der Waals surface area contributed by atoms with Gasteiger partial charge in [-0.1, -0.05) is 12.1 Å². The van der Waals surface area contributed by atoms with Crippen molar-refractivity contribution in [3.05, 3.63) is 53.5 Å². The molecule has 0 bridgehead atoms. The number of halogens is 1. The van der Waals surface area contributed by atoms with Gasteiger partial charge in [-0.2, -0.15) is 0 Å². The smallest absolute Gasteiger partial charge is 0.219 e. The van der Waals surface area contributed by atoms with Crippen LogP contribution in [0.2, 0.25) is 0 Å². The van der Waals surface area contributed by atoms with Crippen molar-refractivity contribution in [3.8, 4) is 11.6 Å². The summed E-state index contributed by atoms with van der Waals surface area (Å²) in [5.41, 5.74) is 1.78. The Balaban J connectivity index is 2.12. The number of rotatable bonds is 4. The van der Waals surface area contributed by atoms with Crippen molar-refractivity contribution in [1.82, 2.24) is 10.3 Å². The van der Waals surface area contributed by atoms with E-state index in [9.17, 15) is 4.39 Å². The predicted octanol–water partition coefficient (Wildman–Crippen LogP) is 4.21. The van der Waals surface area contributed by atoms with Crippen molar-refractivity contribution in [2.24, 2.45) is 0 Å². The first-order valence-corrected chi connectivity index (χ1v) is 6.98. The maximum atomic E-state index is 13.3. The lowest BCUT2D eigenvalue weighted by molar-refractivity contribution is 0.415. The summed E-state index contributed by atoms with van der Waals surface area (Å²) in [6.07, 6.45) is 0. The first-order chi connectivity index (χ1) is 9.83. The van der Waals surface area contributed by atoms with Crippen LogP contribution in [0.1, 0.15) is 32.0 Å². The highest BCUT2D eigenvalue weighted by Crippen LogP contribution is 2.24. The molecule has 0 aliphatic rings. The van der Waals surface area contributed by atoms with Crippen LogP contribution in [0.15, 0.2) is 36.4 Å². The summed E-state index contributed by atoms with van der Waals surface area (Å²) in [7, 11) is 0. The zero-order valence-corrected chi connectivity index (χ0v) is 12.9. The molecule has 21 heavy (non-hydrogen) atoms. The molecule has 1 heterocycles. The number of pyridine rings is 1. The van der Waals surface area contributed by atoms with E-state index in [1.165, 1.54) is 12.1 Å². The first kappa shape index (κ1) is 15.4. The second-order valence-corrected chi connectivity index (χ2v) is 6.08. The monoisotopic (exact) mass is 288 g/mol. The largest absolute Gasteiger partial charge is 0.439 e. The van der Waals surface area contributed by atoms with Crippen molar-refractivity contribution in [2.75, 3.05) is 0 Å². The molecule has 1 aromatic heterocycles. The predicted molar refractivity (Wildman–Crippen MR) is 82.0 cm³/mol. The molecular weight excluding hydrogens is 267 g/mol. The van der Waals surface area contributed by atoms with E-state index in [-0.39, 0.29) is 11.4 Å². The lowest BCUT2D eigenvalue weighted by Gasteiger charge is -2.20. The number of aryl methyl sites for hydroxylation is 1. The van der Waals surface area contributed by atoms with E-state index in [0.29, 0.717) is 18.2 Å². The van der Waals surface area contributed by atoms with E-state index >= 15 is 0 Å². The molecule has 4 heteroatoms. The van der Waals surface area contributed by atoms with Gasteiger partial charge in [-0.3, -0.25) is 0 Å². The van der Waals surface area contributed by atoms with Crippen molar-refractivity contribution < 1.29 is 9.13 Å². The molecule has 0 saturated carbocycles. The van der Waals surface area contributed by atoms with Crippen molar-refractivity contribution in [1.29, 1.82) is 0 Å². The van der Waals surface area contributed by atoms with Gasteiger partial charge in [-0.25, -0.2) is 9.37 Å². The fourth-order valence-electron chi connectivity index (χ4n) is 1.77. The van der Waals surface area contributed by atoms with Crippen LogP contribution in [-0.2, 0) is 6.54 Å².